The molecule has 0 aliphatic carbocycles. The highest BCUT2D eigenvalue weighted by atomic mass is 16.5. The molecule has 5 heteroatoms. The summed E-state index contributed by atoms with van der Waals surface area (Å²) in [6.45, 7) is 4.41. The molecule has 0 spiro atoms. The largest absolute Gasteiger partial charge is 0.494 e. The van der Waals surface area contributed by atoms with E-state index >= 15 is 0 Å². The van der Waals surface area contributed by atoms with Crippen molar-refractivity contribution in [3.8, 4) is 5.75 Å². The van der Waals surface area contributed by atoms with Gasteiger partial charge in [0.15, 0.2) is 0 Å². The molecule has 0 bridgehead atoms. The van der Waals surface area contributed by atoms with Gasteiger partial charge in [0.1, 0.15) is 24.1 Å². The number of rotatable bonds is 6. The first kappa shape index (κ1) is 13.2. The van der Waals surface area contributed by atoms with Crippen LogP contribution in [0.3, 0.4) is 0 Å². The van der Waals surface area contributed by atoms with Crippen LogP contribution in [0.1, 0.15) is 12.5 Å². The van der Waals surface area contributed by atoms with Gasteiger partial charge >= 0.3 is 0 Å². The summed E-state index contributed by atoms with van der Waals surface area (Å²) in [4.78, 5) is 10.0. The maximum atomic E-state index is 10.0. The number of hydrogen-bond acceptors (Lipinski definition) is 5. The highest BCUT2D eigenvalue weighted by Crippen LogP contribution is 2.28. The predicted octanol–water partition coefficient (Wildman–Crippen LogP) is 2.65. The third-order valence-electron chi connectivity index (χ3n) is 2.10. The SMILES string of the molecule is COc1ccc(C)cc1N=NC(C)COC=O. The number of benzene rings is 1. The molecule has 0 amide bonds. The van der Waals surface area contributed by atoms with E-state index in [1.165, 1.54) is 0 Å². The van der Waals surface area contributed by atoms with Crippen LogP contribution in [0.4, 0.5) is 5.69 Å². The molecule has 0 aliphatic rings. The molecule has 1 rings (SSSR count). The lowest BCUT2D eigenvalue weighted by atomic mass is 10.2. The molecule has 0 N–H and O–H groups in total. The summed E-state index contributed by atoms with van der Waals surface area (Å²) < 4.78 is 9.77. The van der Waals surface area contributed by atoms with Crippen molar-refractivity contribution in [2.45, 2.75) is 19.9 Å². The second-order valence-corrected chi connectivity index (χ2v) is 3.67. The fourth-order valence-electron chi connectivity index (χ4n) is 1.25. The minimum Gasteiger partial charge on any atom is -0.494 e. The highest BCUT2D eigenvalue weighted by molar-refractivity contribution is 5.52. The van der Waals surface area contributed by atoms with Crippen LogP contribution in [0.2, 0.25) is 0 Å². The molecule has 1 aromatic rings. The molecule has 0 radical (unpaired) electrons. The summed E-state index contributed by atoms with van der Waals surface area (Å²) in [6, 6.07) is 5.49. The normalized spacial score (nSPS) is 12.4. The molecule has 0 aromatic heterocycles. The van der Waals surface area contributed by atoms with Crippen molar-refractivity contribution in [2.24, 2.45) is 10.2 Å². The van der Waals surface area contributed by atoms with E-state index in [-0.39, 0.29) is 12.6 Å². The van der Waals surface area contributed by atoms with Crippen LogP contribution in [0, 0.1) is 6.92 Å². The molecule has 17 heavy (non-hydrogen) atoms. The fourth-order valence-corrected chi connectivity index (χ4v) is 1.25. The van der Waals surface area contributed by atoms with Crippen molar-refractivity contribution < 1.29 is 14.3 Å². The van der Waals surface area contributed by atoms with Crippen molar-refractivity contribution in [1.82, 2.24) is 0 Å². The first-order valence-corrected chi connectivity index (χ1v) is 5.28. The molecule has 1 unspecified atom stereocenters. The van der Waals surface area contributed by atoms with Gasteiger partial charge in [0.25, 0.3) is 6.47 Å². The zero-order valence-electron chi connectivity index (χ0n) is 10.2. The summed E-state index contributed by atoms with van der Waals surface area (Å²) in [7, 11) is 1.59. The molecule has 5 nitrogen and oxygen atoms in total. The number of azo groups is 1. The lowest BCUT2D eigenvalue weighted by molar-refractivity contribution is -0.129. The van der Waals surface area contributed by atoms with Crippen molar-refractivity contribution in [3.05, 3.63) is 23.8 Å². The Hall–Kier alpha value is -1.91. The maximum Gasteiger partial charge on any atom is 0.293 e. The summed E-state index contributed by atoms with van der Waals surface area (Å²) in [6.07, 6.45) is 0. The van der Waals surface area contributed by atoms with Gasteiger partial charge in [-0.25, -0.2) is 0 Å². The zero-order chi connectivity index (χ0) is 12.7. The Labute approximate surface area is 100 Å². The van der Waals surface area contributed by atoms with Crippen LogP contribution in [-0.2, 0) is 9.53 Å². The second-order valence-electron chi connectivity index (χ2n) is 3.67. The predicted molar refractivity (Wildman–Crippen MR) is 63.7 cm³/mol. The number of hydrogen-bond donors (Lipinski definition) is 0. The van der Waals surface area contributed by atoms with E-state index < -0.39 is 0 Å². The van der Waals surface area contributed by atoms with E-state index in [9.17, 15) is 4.79 Å². The maximum absolute atomic E-state index is 10.0. The first-order chi connectivity index (χ1) is 8.17. The van der Waals surface area contributed by atoms with Crippen LogP contribution in [0.25, 0.3) is 0 Å². The average Bonchev–Trinajstić information content (AvgIpc) is 2.34. The van der Waals surface area contributed by atoms with Gasteiger partial charge in [-0.1, -0.05) is 6.07 Å². The lowest BCUT2D eigenvalue weighted by Crippen LogP contribution is -2.07. The molecule has 0 fully saturated rings. The van der Waals surface area contributed by atoms with Gasteiger partial charge < -0.3 is 9.47 Å². The third-order valence-corrected chi connectivity index (χ3v) is 2.10. The number of carbonyl (C=O) groups is 1. The molecular weight excluding hydrogens is 220 g/mol. The monoisotopic (exact) mass is 236 g/mol. The van der Waals surface area contributed by atoms with Crippen molar-refractivity contribution in [3.63, 3.8) is 0 Å². The molecule has 0 saturated heterocycles. The Kier molecular flexibility index (Phi) is 5.13. The van der Waals surface area contributed by atoms with E-state index in [4.69, 9.17) is 4.74 Å². The second kappa shape index (κ2) is 6.62. The van der Waals surface area contributed by atoms with E-state index in [0.717, 1.165) is 5.56 Å². The lowest BCUT2D eigenvalue weighted by Gasteiger charge is -2.06. The Bertz CT molecular complexity index is 405. The summed E-state index contributed by atoms with van der Waals surface area (Å²) in [5.41, 5.74) is 1.75. The highest BCUT2D eigenvalue weighted by Gasteiger charge is 2.03. The number of ether oxygens (including phenoxy) is 2. The van der Waals surface area contributed by atoms with Gasteiger partial charge in [0.2, 0.25) is 0 Å². The summed E-state index contributed by atoms with van der Waals surface area (Å²) in [5, 5.41) is 8.14. The first-order valence-electron chi connectivity index (χ1n) is 5.28. The quantitative estimate of drug-likeness (QED) is 0.563. The van der Waals surface area contributed by atoms with Crippen LogP contribution in [-0.4, -0.2) is 26.2 Å². The summed E-state index contributed by atoms with van der Waals surface area (Å²) in [5.74, 6) is 0.669. The Morgan fingerprint density at radius 2 is 2.24 bits per heavy atom. The van der Waals surface area contributed by atoms with Gasteiger partial charge in [-0.3, -0.25) is 4.79 Å². The number of carbonyl (C=O) groups excluding carboxylic acids is 1. The van der Waals surface area contributed by atoms with Gasteiger partial charge in [0.05, 0.1) is 7.11 Å². The van der Waals surface area contributed by atoms with E-state index in [0.29, 0.717) is 17.9 Å². The number of aryl methyl sites for hydroxylation is 1. The van der Waals surface area contributed by atoms with Gasteiger partial charge in [-0.15, -0.1) is 0 Å². The van der Waals surface area contributed by atoms with Crippen molar-refractivity contribution >= 4 is 12.2 Å². The zero-order valence-corrected chi connectivity index (χ0v) is 10.2. The Morgan fingerprint density at radius 3 is 2.88 bits per heavy atom. The van der Waals surface area contributed by atoms with Crippen LogP contribution < -0.4 is 4.74 Å². The molecule has 1 atom stereocenters. The van der Waals surface area contributed by atoms with E-state index in [1.807, 2.05) is 32.0 Å². The Balaban J connectivity index is 2.75. The molecule has 1 aromatic carbocycles. The van der Waals surface area contributed by atoms with Crippen LogP contribution in [0.5, 0.6) is 5.75 Å². The standard InChI is InChI=1S/C12H16N2O3/c1-9-4-5-12(16-3)11(6-9)14-13-10(2)7-17-8-15/h4-6,8,10H,7H2,1-3H3. The average molecular weight is 236 g/mol. The fraction of sp³-hybridized carbons (Fsp3) is 0.417. The molecule has 0 aliphatic heterocycles. The van der Waals surface area contributed by atoms with Crippen molar-refractivity contribution in [1.29, 1.82) is 0 Å². The summed E-state index contributed by atoms with van der Waals surface area (Å²) >= 11 is 0. The van der Waals surface area contributed by atoms with Crippen LogP contribution in [0.15, 0.2) is 28.4 Å². The van der Waals surface area contributed by atoms with E-state index in [2.05, 4.69) is 15.0 Å². The van der Waals surface area contributed by atoms with Gasteiger partial charge in [-0.2, -0.15) is 10.2 Å². The minimum atomic E-state index is -0.176. The minimum absolute atomic E-state index is 0.176. The van der Waals surface area contributed by atoms with Gasteiger partial charge in [0, 0.05) is 0 Å². The number of methoxy groups -OCH3 is 1. The molecule has 92 valence electrons. The van der Waals surface area contributed by atoms with Crippen molar-refractivity contribution in [2.75, 3.05) is 13.7 Å². The number of nitrogens with zero attached hydrogens (tertiary/aromatic N) is 2. The smallest absolute Gasteiger partial charge is 0.293 e. The topological polar surface area (TPSA) is 60.3 Å². The Morgan fingerprint density at radius 1 is 1.47 bits per heavy atom. The van der Waals surface area contributed by atoms with Crippen LogP contribution >= 0.6 is 0 Å². The molecule has 0 saturated carbocycles. The third kappa shape index (κ3) is 4.22. The molecular formula is C12H16N2O3. The molecule has 0 heterocycles. The van der Waals surface area contributed by atoms with E-state index in [1.54, 1.807) is 7.11 Å². The van der Waals surface area contributed by atoms with Gasteiger partial charge in [-0.05, 0) is 31.5 Å².